The molecule has 0 radical (unpaired) electrons. The van der Waals surface area contributed by atoms with E-state index < -0.39 is 0 Å². The second-order valence-corrected chi connectivity index (χ2v) is 7.74. The molecule has 0 heterocycles. The second-order valence-electron chi connectivity index (χ2n) is 6.88. The van der Waals surface area contributed by atoms with Gasteiger partial charge in [0.2, 0.25) is 5.91 Å². The fraction of sp³-hybridized carbons (Fsp3) is 0.600. The van der Waals surface area contributed by atoms with Crippen LogP contribution in [-0.2, 0) is 11.2 Å². The van der Waals surface area contributed by atoms with Crippen LogP contribution in [0.25, 0.3) is 0 Å². The largest absolute Gasteiger partial charge is 0.493 e. The summed E-state index contributed by atoms with van der Waals surface area (Å²) in [6.45, 7) is 0.825. The maximum atomic E-state index is 12.0. The standard InChI is InChI=1S/C20H30BrN3O4/c1-27-17-12-14(16(21)13-18(17)28-2)8-10-22-19(25)9-11-23-20(26)24-15-6-4-3-5-7-15/h12-13,15H,3-11H2,1-2H3,(H,22,25)(H2,23,24,26). The van der Waals surface area contributed by atoms with Gasteiger partial charge in [-0.2, -0.15) is 0 Å². The van der Waals surface area contributed by atoms with Crippen molar-refractivity contribution in [1.29, 1.82) is 0 Å². The minimum absolute atomic E-state index is 0.0884. The summed E-state index contributed by atoms with van der Waals surface area (Å²) in [5.41, 5.74) is 1.02. The molecule has 0 aliphatic heterocycles. The number of nitrogens with one attached hydrogen (secondary N) is 3. The summed E-state index contributed by atoms with van der Waals surface area (Å²) in [5.74, 6) is 1.22. The highest BCUT2D eigenvalue weighted by atomic mass is 79.9. The van der Waals surface area contributed by atoms with Crippen LogP contribution >= 0.6 is 15.9 Å². The molecule has 1 aromatic rings. The molecule has 1 aliphatic carbocycles. The molecule has 8 heteroatoms. The van der Waals surface area contributed by atoms with Gasteiger partial charge in [0, 0.05) is 30.0 Å². The lowest BCUT2D eigenvalue weighted by Crippen LogP contribution is -2.43. The summed E-state index contributed by atoms with van der Waals surface area (Å²) in [5, 5.41) is 8.61. The van der Waals surface area contributed by atoms with Crippen LogP contribution in [0, 0.1) is 0 Å². The highest BCUT2D eigenvalue weighted by Gasteiger charge is 2.15. The smallest absolute Gasteiger partial charge is 0.315 e. The number of amides is 3. The highest BCUT2D eigenvalue weighted by molar-refractivity contribution is 9.10. The average Bonchev–Trinajstić information content (AvgIpc) is 2.69. The van der Waals surface area contributed by atoms with Crippen LogP contribution in [0.2, 0.25) is 0 Å². The van der Waals surface area contributed by atoms with Crippen molar-refractivity contribution in [3.8, 4) is 11.5 Å². The molecule has 0 atom stereocenters. The Morgan fingerprint density at radius 2 is 1.71 bits per heavy atom. The number of methoxy groups -OCH3 is 2. The van der Waals surface area contributed by atoms with E-state index in [1.807, 2.05) is 12.1 Å². The lowest BCUT2D eigenvalue weighted by atomic mass is 9.96. The van der Waals surface area contributed by atoms with Crippen molar-refractivity contribution in [2.75, 3.05) is 27.3 Å². The molecule has 0 unspecified atom stereocenters. The van der Waals surface area contributed by atoms with Crippen LogP contribution in [-0.4, -0.2) is 45.3 Å². The summed E-state index contributed by atoms with van der Waals surface area (Å²) < 4.78 is 11.5. The molecule has 1 fully saturated rings. The molecule has 156 valence electrons. The number of hydrogen-bond acceptors (Lipinski definition) is 4. The molecule has 1 saturated carbocycles. The number of carbonyl (C=O) groups excluding carboxylic acids is 2. The van der Waals surface area contributed by atoms with Crippen molar-refractivity contribution in [2.45, 2.75) is 51.0 Å². The summed E-state index contributed by atoms with van der Waals surface area (Å²) >= 11 is 3.51. The van der Waals surface area contributed by atoms with Gasteiger partial charge in [0.15, 0.2) is 11.5 Å². The summed E-state index contributed by atoms with van der Waals surface area (Å²) in [6, 6.07) is 3.83. The van der Waals surface area contributed by atoms with Gasteiger partial charge >= 0.3 is 6.03 Å². The van der Waals surface area contributed by atoms with Gasteiger partial charge < -0.3 is 25.4 Å². The fourth-order valence-corrected chi connectivity index (χ4v) is 3.81. The van der Waals surface area contributed by atoms with Gasteiger partial charge in [-0.3, -0.25) is 4.79 Å². The van der Waals surface area contributed by atoms with Crippen LogP contribution in [0.3, 0.4) is 0 Å². The van der Waals surface area contributed by atoms with Crippen molar-refractivity contribution < 1.29 is 19.1 Å². The number of benzene rings is 1. The first-order chi connectivity index (χ1) is 13.5. The molecular weight excluding hydrogens is 426 g/mol. The average molecular weight is 456 g/mol. The quantitative estimate of drug-likeness (QED) is 0.533. The third kappa shape index (κ3) is 7.22. The van der Waals surface area contributed by atoms with Gasteiger partial charge in [-0.05, 0) is 37.0 Å². The molecule has 3 N–H and O–H groups in total. The van der Waals surface area contributed by atoms with Crippen molar-refractivity contribution in [3.05, 3.63) is 22.2 Å². The Balaban J connectivity index is 1.65. The van der Waals surface area contributed by atoms with E-state index in [1.54, 1.807) is 14.2 Å². The molecule has 3 amide bonds. The van der Waals surface area contributed by atoms with Crippen LogP contribution < -0.4 is 25.4 Å². The predicted octanol–water partition coefficient (Wildman–Crippen LogP) is 3.15. The molecule has 1 aliphatic rings. The number of urea groups is 1. The topological polar surface area (TPSA) is 88.7 Å². The maximum absolute atomic E-state index is 12.0. The van der Waals surface area contributed by atoms with Gasteiger partial charge in [0.05, 0.1) is 14.2 Å². The van der Waals surface area contributed by atoms with E-state index in [-0.39, 0.29) is 24.4 Å². The summed E-state index contributed by atoms with van der Waals surface area (Å²) in [4.78, 5) is 23.8. The summed E-state index contributed by atoms with van der Waals surface area (Å²) in [7, 11) is 3.18. The van der Waals surface area contributed by atoms with Crippen molar-refractivity contribution in [3.63, 3.8) is 0 Å². The molecule has 28 heavy (non-hydrogen) atoms. The molecule has 1 aromatic carbocycles. The highest BCUT2D eigenvalue weighted by Crippen LogP contribution is 2.33. The molecular formula is C20H30BrN3O4. The third-order valence-electron chi connectivity index (χ3n) is 4.85. The van der Waals surface area contributed by atoms with E-state index in [2.05, 4.69) is 31.9 Å². The first-order valence-corrected chi connectivity index (χ1v) is 10.5. The Hall–Kier alpha value is -1.96. The molecule has 0 bridgehead atoms. The molecule has 0 spiro atoms. The van der Waals surface area contributed by atoms with E-state index >= 15 is 0 Å². The van der Waals surface area contributed by atoms with Crippen molar-refractivity contribution in [1.82, 2.24) is 16.0 Å². The maximum Gasteiger partial charge on any atom is 0.315 e. The number of halogens is 1. The lowest BCUT2D eigenvalue weighted by molar-refractivity contribution is -0.120. The van der Waals surface area contributed by atoms with Gasteiger partial charge in [0.1, 0.15) is 0 Å². The molecule has 0 saturated heterocycles. The molecule has 0 aromatic heterocycles. The lowest BCUT2D eigenvalue weighted by Gasteiger charge is -2.22. The van der Waals surface area contributed by atoms with E-state index in [0.29, 0.717) is 31.0 Å². The summed E-state index contributed by atoms with van der Waals surface area (Å²) in [6.07, 6.45) is 6.58. The minimum Gasteiger partial charge on any atom is -0.493 e. The van der Waals surface area contributed by atoms with Gasteiger partial charge in [-0.25, -0.2) is 4.79 Å². The Kier molecular flexibility index (Phi) is 9.40. The van der Waals surface area contributed by atoms with E-state index in [9.17, 15) is 9.59 Å². The number of hydrogen-bond donors (Lipinski definition) is 3. The third-order valence-corrected chi connectivity index (χ3v) is 5.59. The van der Waals surface area contributed by atoms with E-state index in [1.165, 1.54) is 19.3 Å². The van der Waals surface area contributed by atoms with Crippen molar-refractivity contribution >= 4 is 27.9 Å². The van der Waals surface area contributed by atoms with Gasteiger partial charge in [-0.15, -0.1) is 0 Å². The number of rotatable bonds is 9. The fourth-order valence-electron chi connectivity index (χ4n) is 3.29. The monoisotopic (exact) mass is 455 g/mol. The second kappa shape index (κ2) is 11.8. The Morgan fingerprint density at radius 3 is 2.39 bits per heavy atom. The number of carbonyl (C=O) groups is 2. The zero-order chi connectivity index (χ0) is 20.4. The Bertz CT molecular complexity index is 663. The van der Waals surface area contributed by atoms with Crippen LogP contribution in [0.15, 0.2) is 16.6 Å². The van der Waals surface area contributed by atoms with Crippen LogP contribution in [0.1, 0.15) is 44.1 Å². The normalized spacial score (nSPS) is 14.2. The first-order valence-electron chi connectivity index (χ1n) is 9.75. The Morgan fingerprint density at radius 1 is 1.04 bits per heavy atom. The van der Waals surface area contributed by atoms with Crippen LogP contribution in [0.4, 0.5) is 4.79 Å². The van der Waals surface area contributed by atoms with E-state index in [0.717, 1.165) is 22.9 Å². The van der Waals surface area contributed by atoms with Gasteiger partial charge in [0.25, 0.3) is 0 Å². The predicted molar refractivity (Wildman–Crippen MR) is 112 cm³/mol. The van der Waals surface area contributed by atoms with Gasteiger partial charge in [-0.1, -0.05) is 35.2 Å². The van der Waals surface area contributed by atoms with Crippen molar-refractivity contribution in [2.24, 2.45) is 0 Å². The van der Waals surface area contributed by atoms with E-state index in [4.69, 9.17) is 9.47 Å². The minimum atomic E-state index is -0.186. The Labute approximate surface area is 175 Å². The zero-order valence-electron chi connectivity index (χ0n) is 16.6. The molecule has 7 nitrogen and oxygen atoms in total. The first kappa shape index (κ1) is 22.3. The SMILES string of the molecule is COc1cc(Br)c(CCNC(=O)CCNC(=O)NC2CCCCC2)cc1OC. The van der Waals surface area contributed by atoms with Crippen LogP contribution in [0.5, 0.6) is 11.5 Å². The molecule has 2 rings (SSSR count). The zero-order valence-corrected chi connectivity index (χ0v) is 18.2. The number of ether oxygens (including phenoxy) is 2.